The van der Waals surface area contributed by atoms with Gasteiger partial charge < -0.3 is 11.1 Å². The molecule has 2 rings (SSSR count). The first kappa shape index (κ1) is 16.2. The molecule has 0 aliphatic carbocycles. The van der Waals surface area contributed by atoms with E-state index in [-0.39, 0.29) is 18.3 Å². The zero-order valence-corrected chi connectivity index (χ0v) is 12.0. The molecule has 0 bridgehead atoms. The van der Waals surface area contributed by atoms with E-state index in [1.165, 1.54) is 5.56 Å². The molecule has 0 fully saturated rings. The van der Waals surface area contributed by atoms with E-state index < -0.39 is 0 Å². The number of carbonyl (C=O) groups excluding carboxylic acids is 1. The van der Waals surface area contributed by atoms with Crippen LogP contribution < -0.4 is 11.1 Å². The molecule has 4 heteroatoms. The Hall–Kier alpha value is -1.84. The molecule has 0 aliphatic heterocycles. The maximum Gasteiger partial charge on any atom is 0.251 e. The normalized spacial score (nSPS) is 9.65. The minimum atomic E-state index is -0.0494. The standard InChI is InChI=1S/C16H18N2O.ClH/c17-11-10-13-6-8-14(9-7-13)12-18-16(19)15-4-2-1-3-5-15;/h1-9H,10-12,17H2,(H,18,19);1H. The second-order valence-electron chi connectivity index (χ2n) is 4.40. The highest BCUT2D eigenvalue weighted by Gasteiger charge is 2.03. The zero-order valence-electron chi connectivity index (χ0n) is 11.2. The molecule has 0 saturated carbocycles. The lowest BCUT2D eigenvalue weighted by molar-refractivity contribution is 0.0951. The minimum Gasteiger partial charge on any atom is -0.348 e. The van der Waals surface area contributed by atoms with Gasteiger partial charge in [-0.15, -0.1) is 12.4 Å². The van der Waals surface area contributed by atoms with Crippen molar-refractivity contribution in [1.82, 2.24) is 5.32 Å². The van der Waals surface area contributed by atoms with Crippen molar-refractivity contribution in [3.05, 3.63) is 71.3 Å². The van der Waals surface area contributed by atoms with E-state index in [0.29, 0.717) is 18.7 Å². The molecule has 106 valence electrons. The van der Waals surface area contributed by atoms with Gasteiger partial charge in [0.2, 0.25) is 0 Å². The topological polar surface area (TPSA) is 55.1 Å². The number of nitrogens with one attached hydrogen (secondary N) is 1. The molecule has 3 nitrogen and oxygen atoms in total. The van der Waals surface area contributed by atoms with E-state index in [9.17, 15) is 4.79 Å². The Morgan fingerprint density at radius 2 is 1.55 bits per heavy atom. The molecule has 0 spiro atoms. The largest absolute Gasteiger partial charge is 0.348 e. The van der Waals surface area contributed by atoms with Gasteiger partial charge in [-0.2, -0.15) is 0 Å². The molecule has 0 heterocycles. The van der Waals surface area contributed by atoms with Crippen LogP contribution in [-0.2, 0) is 13.0 Å². The van der Waals surface area contributed by atoms with E-state index in [1.54, 1.807) is 12.1 Å². The molecule has 0 radical (unpaired) electrons. The number of rotatable bonds is 5. The lowest BCUT2D eigenvalue weighted by Gasteiger charge is -2.06. The molecule has 0 aliphatic rings. The SMILES string of the molecule is Cl.NCCc1ccc(CNC(=O)c2ccccc2)cc1. The third kappa shape index (κ3) is 4.68. The number of carbonyl (C=O) groups is 1. The fourth-order valence-electron chi connectivity index (χ4n) is 1.86. The van der Waals surface area contributed by atoms with Crippen molar-refractivity contribution < 1.29 is 4.79 Å². The predicted molar refractivity (Wildman–Crippen MR) is 84.1 cm³/mol. The smallest absolute Gasteiger partial charge is 0.251 e. The third-order valence-corrected chi connectivity index (χ3v) is 2.95. The Balaban J connectivity index is 0.00000200. The summed E-state index contributed by atoms with van der Waals surface area (Å²) < 4.78 is 0. The van der Waals surface area contributed by atoms with Crippen molar-refractivity contribution >= 4 is 18.3 Å². The zero-order chi connectivity index (χ0) is 13.5. The van der Waals surface area contributed by atoms with Gasteiger partial charge in [-0.3, -0.25) is 4.79 Å². The molecule has 3 N–H and O–H groups in total. The average Bonchev–Trinajstić information content (AvgIpc) is 2.47. The summed E-state index contributed by atoms with van der Waals surface area (Å²) in [6.07, 6.45) is 0.886. The molecule has 0 unspecified atom stereocenters. The Bertz CT molecular complexity index is 526. The molecular weight excluding hydrogens is 272 g/mol. The van der Waals surface area contributed by atoms with Gasteiger partial charge in [-0.25, -0.2) is 0 Å². The Morgan fingerprint density at radius 3 is 2.15 bits per heavy atom. The van der Waals surface area contributed by atoms with Gasteiger partial charge in [0.15, 0.2) is 0 Å². The van der Waals surface area contributed by atoms with Crippen molar-refractivity contribution in [2.75, 3.05) is 6.54 Å². The van der Waals surface area contributed by atoms with Crippen LogP contribution in [0.5, 0.6) is 0 Å². The van der Waals surface area contributed by atoms with Crippen LogP contribution in [-0.4, -0.2) is 12.5 Å². The second-order valence-corrected chi connectivity index (χ2v) is 4.40. The van der Waals surface area contributed by atoms with Crippen molar-refractivity contribution in [1.29, 1.82) is 0 Å². The fraction of sp³-hybridized carbons (Fsp3) is 0.188. The van der Waals surface area contributed by atoms with Crippen LogP contribution in [0.2, 0.25) is 0 Å². The quantitative estimate of drug-likeness (QED) is 0.889. The van der Waals surface area contributed by atoms with Crippen molar-refractivity contribution in [3.8, 4) is 0 Å². The van der Waals surface area contributed by atoms with Crippen molar-refractivity contribution in [2.24, 2.45) is 5.73 Å². The summed E-state index contributed by atoms with van der Waals surface area (Å²) in [7, 11) is 0. The van der Waals surface area contributed by atoms with Crippen LogP contribution in [0.4, 0.5) is 0 Å². The summed E-state index contributed by atoms with van der Waals surface area (Å²) in [5.74, 6) is -0.0494. The Kier molecular flexibility index (Phi) is 6.77. The molecule has 1 amide bonds. The van der Waals surface area contributed by atoms with Crippen LogP contribution in [0.1, 0.15) is 21.5 Å². The summed E-state index contributed by atoms with van der Waals surface area (Å²) >= 11 is 0. The number of hydrogen-bond acceptors (Lipinski definition) is 2. The van der Waals surface area contributed by atoms with Gasteiger partial charge in [0.25, 0.3) is 5.91 Å². The van der Waals surface area contributed by atoms with Gasteiger partial charge in [0.1, 0.15) is 0 Å². The van der Waals surface area contributed by atoms with Crippen molar-refractivity contribution in [3.63, 3.8) is 0 Å². The Morgan fingerprint density at radius 1 is 0.950 bits per heavy atom. The third-order valence-electron chi connectivity index (χ3n) is 2.95. The van der Waals surface area contributed by atoms with Gasteiger partial charge in [-0.1, -0.05) is 42.5 Å². The van der Waals surface area contributed by atoms with E-state index in [2.05, 4.69) is 17.4 Å². The van der Waals surface area contributed by atoms with Crippen LogP contribution in [0.25, 0.3) is 0 Å². The van der Waals surface area contributed by atoms with E-state index in [0.717, 1.165) is 12.0 Å². The number of hydrogen-bond donors (Lipinski definition) is 2. The van der Waals surface area contributed by atoms with E-state index in [4.69, 9.17) is 5.73 Å². The monoisotopic (exact) mass is 290 g/mol. The first-order chi connectivity index (χ1) is 9.29. The molecular formula is C16H19ClN2O. The van der Waals surface area contributed by atoms with E-state index in [1.807, 2.05) is 30.3 Å². The average molecular weight is 291 g/mol. The van der Waals surface area contributed by atoms with Gasteiger partial charge in [0, 0.05) is 12.1 Å². The number of nitrogens with two attached hydrogens (primary N) is 1. The molecule has 2 aromatic carbocycles. The van der Waals surface area contributed by atoms with Gasteiger partial charge in [0.05, 0.1) is 0 Å². The highest BCUT2D eigenvalue weighted by atomic mass is 35.5. The minimum absolute atomic E-state index is 0. The lowest BCUT2D eigenvalue weighted by Crippen LogP contribution is -2.22. The molecule has 0 saturated heterocycles. The maximum absolute atomic E-state index is 11.9. The number of benzene rings is 2. The number of amides is 1. The van der Waals surface area contributed by atoms with Gasteiger partial charge in [-0.05, 0) is 36.2 Å². The van der Waals surface area contributed by atoms with E-state index >= 15 is 0 Å². The molecule has 0 atom stereocenters. The highest BCUT2D eigenvalue weighted by Crippen LogP contribution is 2.05. The van der Waals surface area contributed by atoms with Crippen molar-refractivity contribution in [2.45, 2.75) is 13.0 Å². The summed E-state index contributed by atoms with van der Waals surface area (Å²) in [6.45, 7) is 1.20. The Labute approximate surface area is 125 Å². The van der Waals surface area contributed by atoms with Crippen LogP contribution in [0.15, 0.2) is 54.6 Å². The second kappa shape index (κ2) is 8.35. The predicted octanol–water partition coefficient (Wildman–Crippen LogP) is 2.54. The highest BCUT2D eigenvalue weighted by molar-refractivity contribution is 5.94. The summed E-state index contributed by atoms with van der Waals surface area (Å²) in [5.41, 5.74) is 8.50. The van der Waals surface area contributed by atoms with Crippen LogP contribution in [0, 0.1) is 0 Å². The van der Waals surface area contributed by atoms with Gasteiger partial charge >= 0.3 is 0 Å². The molecule has 0 aromatic heterocycles. The lowest BCUT2D eigenvalue weighted by atomic mass is 10.1. The molecule has 20 heavy (non-hydrogen) atoms. The maximum atomic E-state index is 11.9. The summed E-state index contributed by atoms with van der Waals surface area (Å²) in [5, 5.41) is 2.90. The first-order valence-electron chi connectivity index (χ1n) is 6.41. The van der Waals surface area contributed by atoms with Crippen LogP contribution in [0.3, 0.4) is 0 Å². The first-order valence-corrected chi connectivity index (χ1v) is 6.41. The summed E-state index contributed by atoms with van der Waals surface area (Å²) in [4.78, 5) is 11.9. The van der Waals surface area contributed by atoms with Crippen LogP contribution >= 0.6 is 12.4 Å². The summed E-state index contributed by atoms with van der Waals surface area (Å²) in [6, 6.07) is 17.4. The molecule has 2 aromatic rings. The fourth-order valence-corrected chi connectivity index (χ4v) is 1.86. The number of halogens is 1.